The maximum atomic E-state index is 12.7. The number of allylic oxidation sites excluding steroid dienone is 2. The van der Waals surface area contributed by atoms with Gasteiger partial charge < -0.3 is 14.9 Å². The molecular weight excluding hydrogens is 308 g/mol. The molecule has 1 aliphatic heterocycles. The second-order valence-corrected chi connectivity index (χ2v) is 7.08. The van der Waals surface area contributed by atoms with Crippen molar-refractivity contribution in [2.24, 2.45) is 11.3 Å². The lowest BCUT2D eigenvalue weighted by Crippen LogP contribution is -2.38. The zero-order valence-electron chi connectivity index (χ0n) is 13.5. The number of aromatic hydroxyl groups is 2. The number of hydrogen-bond donors (Lipinski definition) is 3. The highest BCUT2D eigenvalue weighted by atomic mass is 16.5. The SMILES string of the molecule is CC1(C)CC(=O)C2=C(C1)OC(=N)C(C#N)C2c1ccc(O)c(O)c1. The van der Waals surface area contributed by atoms with E-state index in [1.54, 1.807) is 6.07 Å². The molecule has 3 rings (SSSR count). The summed E-state index contributed by atoms with van der Waals surface area (Å²) < 4.78 is 5.51. The molecule has 6 nitrogen and oxygen atoms in total. The number of rotatable bonds is 1. The van der Waals surface area contributed by atoms with Crippen molar-refractivity contribution in [1.82, 2.24) is 0 Å². The lowest BCUT2D eigenvalue weighted by atomic mass is 9.68. The van der Waals surface area contributed by atoms with Gasteiger partial charge in [0.2, 0.25) is 5.90 Å². The Labute approximate surface area is 139 Å². The van der Waals surface area contributed by atoms with Crippen LogP contribution in [0.1, 0.15) is 38.2 Å². The van der Waals surface area contributed by atoms with Crippen molar-refractivity contribution < 1.29 is 19.7 Å². The van der Waals surface area contributed by atoms with Crippen LogP contribution in [0.4, 0.5) is 0 Å². The molecule has 24 heavy (non-hydrogen) atoms. The minimum absolute atomic E-state index is 0.105. The van der Waals surface area contributed by atoms with E-state index in [9.17, 15) is 20.3 Å². The van der Waals surface area contributed by atoms with Crippen molar-refractivity contribution >= 4 is 11.7 Å². The summed E-state index contributed by atoms with van der Waals surface area (Å²) in [5.41, 5.74) is 0.643. The van der Waals surface area contributed by atoms with Crippen molar-refractivity contribution in [3.63, 3.8) is 0 Å². The Morgan fingerprint density at radius 2 is 2.00 bits per heavy atom. The van der Waals surface area contributed by atoms with Gasteiger partial charge in [-0.25, -0.2) is 0 Å². The van der Waals surface area contributed by atoms with Crippen LogP contribution in [0.25, 0.3) is 0 Å². The van der Waals surface area contributed by atoms with E-state index in [1.807, 2.05) is 19.9 Å². The molecule has 1 aromatic carbocycles. The zero-order chi connectivity index (χ0) is 17.6. The molecule has 2 atom stereocenters. The van der Waals surface area contributed by atoms with Crippen LogP contribution in [0, 0.1) is 28.1 Å². The van der Waals surface area contributed by atoms with Gasteiger partial charge in [-0.2, -0.15) is 5.26 Å². The highest BCUT2D eigenvalue weighted by Crippen LogP contribution is 2.48. The van der Waals surface area contributed by atoms with Gasteiger partial charge in [0, 0.05) is 24.3 Å². The first-order chi connectivity index (χ1) is 11.2. The predicted molar refractivity (Wildman–Crippen MR) is 85.5 cm³/mol. The minimum Gasteiger partial charge on any atom is -0.504 e. The number of phenols is 2. The van der Waals surface area contributed by atoms with E-state index in [0.29, 0.717) is 29.7 Å². The number of Topliss-reactive ketones (excluding diaryl/α,β-unsaturated/α-hetero) is 1. The molecule has 0 amide bonds. The highest BCUT2D eigenvalue weighted by Gasteiger charge is 2.46. The Bertz CT molecular complexity index is 817. The maximum Gasteiger partial charge on any atom is 0.205 e. The molecule has 2 aliphatic rings. The van der Waals surface area contributed by atoms with Crippen molar-refractivity contribution in [2.45, 2.75) is 32.6 Å². The number of hydrogen-bond acceptors (Lipinski definition) is 6. The Kier molecular flexibility index (Phi) is 3.60. The molecule has 0 bridgehead atoms. The Balaban J connectivity index is 2.19. The number of phenolic OH excluding ortho intramolecular Hbond substituents is 2. The van der Waals surface area contributed by atoms with E-state index in [-0.39, 0.29) is 28.6 Å². The third kappa shape index (κ3) is 2.52. The first kappa shape index (κ1) is 16.1. The van der Waals surface area contributed by atoms with Gasteiger partial charge in [0.1, 0.15) is 11.7 Å². The molecular formula is C18H18N2O4. The molecule has 0 saturated heterocycles. The van der Waals surface area contributed by atoms with Crippen molar-refractivity contribution in [2.75, 3.05) is 0 Å². The number of carbonyl (C=O) groups is 1. The molecule has 3 N–H and O–H groups in total. The molecule has 0 saturated carbocycles. The standard InChI is InChI=1S/C18H18N2O4/c1-18(2)6-13(23)16-14(7-18)24-17(20)10(8-19)15(16)9-3-4-11(21)12(22)5-9/h3-5,10,15,20-22H,6-7H2,1-2H3. The second kappa shape index (κ2) is 5.38. The fourth-order valence-electron chi connectivity index (χ4n) is 3.46. The molecule has 0 spiro atoms. The highest BCUT2D eigenvalue weighted by molar-refractivity contribution is 6.01. The maximum absolute atomic E-state index is 12.7. The molecule has 0 fully saturated rings. The van der Waals surface area contributed by atoms with Crippen molar-refractivity contribution in [3.05, 3.63) is 35.1 Å². The Morgan fingerprint density at radius 3 is 2.62 bits per heavy atom. The monoisotopic (exact) mass is 326 g/mol. The minimum atomic E-state index is -0.946. The van der Waals surface area contributed by atoms with Crippen LogP contribution in [0.15, 0.2) is 29.5 Å². The average molecular weight is 326 g/mol. The van der Waals surface area contributed by atoms with Crippen LogP contribution in [0.2, 0.25) is 0 Å². The summed E-state index contributed by atoms with van der Waals surface area (Å²) in [5.74, 6) is -2.09. The van der Waals surface area contributed by atoms with Crippen LogP contribution in [0.3, 0.4) is 0 Å². The number of ketones is 1. The molecule has 0 radical (unpaired) electrons. The third-order valence-electron chi connectivity index (χ3n) is 4.54. The molecule has 6 heteroatoms. The molecule has 0 aromatic heterocycles. The van der Waals surface area contributed by atoms with Crippen molar-refractivity contribution in [1.29, 1.82) is 10.7 Å². The largest absolute Gasteiger partial charge is 0.504 e. The average Bonchev–Trinajstić information content (AvgIpc) is 2.47. The number of ether oxygens (including phenoxy) is 1. The number of nitrogens with zero attached hydrogens (tertiary/aromatic N) is 1. The summed E-state index contributed by atoms with van der Waals surface area (Å²) >= 11 is 0. The van der Waals surface area contributed by atoms with Crippen LogP contribution in [-0.2, 0) is 9.53 Å². The van der Waals surface area contributed by atoms with Gasteiger partial charge in [-0.3, -0.25) is 10.2 Å². The van der Waals surface area contributed by atoms with Crippen molar-refractivity contribution in [3.8, 4) is 17.6 Å². The van der Waals surface area contributed by atoms with E-state index in [1.165, 1.54) is 12.1 Å². The molecule has 1 aromatic rings. The summed E-state index contributed by atoms with van der Waals surface area (Å²) in [7, 11) is 0. The predicted octanol–water partition coefficient (Wildman–Crippen LogP) is 2.97. The van der Waals surface area contributed by atoms with E-state index in [0.717, 1.165) is 0 Å². The van der Waals surface area contributed by atoms with Gasteiger partial charge >= 0.3 is 0 Å². The second-order valence-electron chi connectivity index (χ2n) is 7.08. The fourth-order valence-corrected chi connectivity index (χ4v) is 3.46. The third-order valence-corrected chi connectivity index (χ3v) is 4.54. The lowest BCUT2D eigenvalue weighted by Gasteiger charge is -2.39. The number of nitriles is 1. The van der Waals surface area contributed by atoms with Crippen LogP contribution < -0.4 is 0 Å². The van der Waals surface area contributed by atoms with Crippen LogP contribution in [0.5, 0.6) is 11.5 Å². The van der Waals surface area contributed by atoms with Gasteiger partial charge in [0.05, 0.1) is 6.07 Å². The fraction of sp³-hybridized carbons (Fsp3) is 0.389. The normalized spacial score (nSPS) is 25.7. The van der Waals surface area contributed by atoms with Gasteiger partial charge in [-0.05, 0) is 23.1 Å². The molecule has 1 aliphatic carbocycles. The van der Waals surface area contributed by atoms with Gasteiger partial charge in [-0.1, -0.05) is 19.9 Å². The summed E-state index contributed by atoms with van der Waals surface area (Å²) in [5, 5.41) is 36.8. The summed E-state index contributed by atoms with van der Waals surface area (Å²) in [6.07, 6.45) is 0.844. The zero-order valence-corrected chi connectivity index (χ0v) is 13.5. The molecule has 1 heterocycles. The molecule has 2 unspecified atom stereocenters. The Hall–Kier alpha value is -2.81. The molecule has 124 valence electrons. The number of benzene rings is 1. The van der Waals surface area contributed by atoms with Gasteiger partial charge in [0.25, 0.3) is 0 Å². The van der Waals surface area contributed by atoms with E-state index in [4.69, 9.17) is 10.1 Å². The first-order valence-electron chi connectivity index (χ1n) is 7.67. The Morgan fingerprint density at radius 1 is 1.29 bits per heavy atom. The smallest absolute Gasteiger partial charge is 0.205 e. The number of nitrogens with one attached hydrogen (secondary N) is 1. The van der Waals surface area contributed by atoms with Crippen LogP contribution in [-0.4, -0.2) is 21.9 Å². The van der Waals surface area contributed by atoms with Gasteiger partial charge in [0.15, 0.2) is 17.3 Å². The van der Waals surface area contributed by atoms with E-state index in [2.05, 4.69) is 0 Å². The van der Waals surface area contributed by atoms with Crippen LogP contribution >= 0.6 is 0 Å². The number of carbonyl (C=O) groups excluding carboxylic acids is 1. The first-order valence-corrected chi connectivity index (χ1v) is 7.67. The van der Waals surface area contributed by atoms with E-state index < -0.39 is 11.8 Å². The summed E-state index contributed by atoms with van der Waals surface area (Å²) in [6, 6.07) is 6.24. The quantitative estimate of drug-likeness (QED) is 0.686. The van der Waals surface area contributed by atoms with E-state index >= 15 is 0 Å². The summed E-state index contributed by atoms with van der Waals surface area (Å²) in [6.45, 7) is 3.92. The topological polar surface area (TPSA) is 114 Å². The van der Waals surface area contributed by atoms with Gasteiger partial charge in [-0.15, -0.1) is 0 Å². The summed E-state index contributed by atoms with van der Waals surface area (Å²) in [4.78, 5) is 12.7. The lowest BCUT2D eigenvalue weighted by molar-refractivity contribution is -0.119.